The third-order valence-corrected chi connectivity index (χ3v) is 6.81. The number of carbonyl (C=O) groups excluding carboxylic acids is 3. The number of ketones is 1. The second-order valence-electron chi connectivity index (χ2n) is 8.03. The van der Waals surface area contributed by atoms with E-state index in [1.165, 1.54) is 0 Å². The summed E-state index contributed by atoms with van der Waals surface area (Å²) in [6, 6.07) is 0. The van der Waals surface area contributed by atoms with Crippen LogP contribution in [0.1, 0.15) is 32.1 Å². The predicted molar refractivity (Wildman–Crippen MR) is 82.5 cm³/mol. The minimum absolute atomic E-state index is 0.0443. The van der Waals surface area contributed by atoms with Crippen molar-refractivity contribution in [1.82, 2.24) is 0 Å². The van der Waals surface area contributed by atoms with Crippen molar-refractivity contribution in [3.05, 3.63) is 0 Å². The van der Waals surface area contributed by atoms with Gasteiger partial charge in [-0.25, -0.2) is 13.2 Å². The van der Waals surface area contributed by atoms with E-state index in [9.17, 15) is 49.3 Å². The average Bonchev–Trinajstić information content (AvgIpc) is 2.59. The van der Waals surface area contributed by atoms with E-state index >= 15 is 0 Å². The van der Waals surface area contributed by atoms with Crippen LogP contribution in [0, 0.1) is 23.2 Å². The maximum Gasteiger partial charge on any atom is 0.432 e. The van der Waals surface area contributed by atoms with Gasteiger partial charge in [0.1, 0.15) is 5.78 Å². The van der Waals surface area contributed by atoms with Crippen LogP contribution in [0.25, 0.3) is 0 Å². The Kier molecular flexibility index (Phi) is 5.41. The van der Waals surface area contributed by atoms with E-state index in [1.807, 2.05) is 0 Å². The Morgan fingerprint density at radius 3 is 2.10 bits per heavy atom. The van der Waals surface area contributed by atoms with E-state index in [0.717, 1.165) is 0 Å². The quantitative estimate of drug-likeness (QED) is 0.330. The smallest absolute Gasteiger partial charge is 0.432 e. The molecule has 14 heteroatoms. The number of ether oxygens (including phenoxy) is 2. The molecule has 0 radical (unpaired) electrons. The van der Waals surface area contributed by atoms with Gasteiger partial charge >= 0.3 is 23.4 Å². The van der Waals surface area contributed by atoms with Gasteiger partial charge in [-0.1, -0.05) is 0 Å². The first-order valence-corrected chi connectivity index (χ1v) is 10.3. The number of rotatable bonds is 6. The molecule has 4 bridgehead atoms. The fraction of sp³-hybridized carbons (Fsp3) is 0.812. The molecule has 3 unspecified atom stereocenters. The van der Waals surface area contributed by atoms with Gasteiger partial charge in [-0.3, -0.25) is 9.59 Å². The molecule has 0 saturated heterocycles. The molecular weight excluding hydrogens is 447 g/mol. The lowest BCUT2D eigenvalue weighted by Crippen LogP contribution is -2.55. The van der Waals surface area contributed by atoms with Crippen molar-refractivity contribution in [1.29, 1.82) is 0 Å². The van der Waals surface area contributed by atoms with Crippen LogP contribution in [-0.2, 0) is 34.0 Å². The molecule has 4 fully saturated rings. The van der Waals surface area contributed by atoms with Crippen molar-refractivity contribution in [3.8, 4) is 0 Å². The third-order valence-electron chi connectivity index (χ3n) is 5.93. The first-order valence-electron chi connectivity index (χ1n) is 8.87. The van der Waals surface area contributed by atoms with Crippen LogP contribution in [0.15, 0.2) is 0 Å². The number of alkyl halides is 5. The second-order valence-corrected chi connectivity index (χ2v) is 9.48. The van der Waals surface area contributed by atoms with Crippen LogP contribution >= 0.6 is 0 Å². The van der Waals surface area contributed by atoms with Crippen LogP contribution < -0.4 is 0 Å². The summed E-state index contributed by atoms with van der Waals surface area (Å²) in [5.74, 6) is -3.61. The molecule has 3 atom stereocenters. The Bertz CT molecular complexity index is 849. The predicted octanol–water partition coefficient (Wildman–Crippen LogP) is 1.54. The fourth-order valence-electron chi connectivity index (χ4n) is 4.90. The maximum absolute atomic E-state index is 13.4. The van der Waals surface area contributed by atoms with Gasteiger partial charge in [0.25, 0.3) is 6.10 Å². The van der Waals surface area contributed by atoms with Crippen LogP contribution in [0.3, 0.4) is 0 Å². The zero-order valence-corrected chi connectivity index (χ0v) is 15.9. The van der Waals surface area contributed by atoms with Gasteiger partial charge in [-0.2, -0.15) is 22.0 Å². The van der Waals surface area contributed by atoms with Gasteiger partial charge in [-0.15, -0.1) is 0 Å². The highest BCUT2D eigenvalue weighted by Gasteiger charge is 2.63. The summed E-state index contributed by atoms with van der Waals surface area (Å²) in [4.78, 5) is 36.2. The summed E-state index contributed by atoms with van der Waals surface area (Å²) >= 11 is 0. The van der Waals surface area contributed by atoms with E-state index in [1.54, 1.807) is 0 Å². The van der Waals surface area contributed by atoms with Crippen molar-refractivity contribution in [2.24, 2.45) is 23.2 Å². The molecule has 30 heavy (non-hydrogen) atoms. The number of esters is 2. The molecule has 4 rings (SSSR count). The summed E-state index contributed by atoms with van der Waals surface area (Å²) in [6.45, 7) is -1.49. The highest BCUT2D eigenvalue weighted by atomic mass is 32.2. The molecule has 0 N–H and O–H groups in total. The SMILES string of the molecule is O=C(COC(=O)C12CC3CC(C1)C(=O)C(C3)C2)OC(C(F)(F)F)C(F)(F)S(=O)(=O)[O-]. The summed E-state index contributed by atoms with van der Waals surface area (Å²) < 4.78 is 104. The molecule has 4 aliphatic carbocycles. The number of carbonyl (C=O) groups is 3. The van der Waals surface area contributed by atoms with Gasteiger partial charge in [0.15, 0.2) is 16.7 Å². The zero-order chi connectivity index (χ0) is 22.7. The lowest BCUT2D eigenvalue weighted by Gasteiger charge is -2.53. The number of hydrogen-bond donors (Lipinski definition) is 0. The van der Waals surface area contributed by atoms with Crippen LogP contribution in [0.2, 0.25) is 0 Å². The molecular formula is C16H16F5O8S-. The van der Waals surface area contributed by atoms with Crippen molar-refractivity contribution in [2.45, 2.75) is 49.6 Å². The monoisotopic (exact) mass is 463 g/mol. The number of hydrogen-bond acceptors (Lipinski definition) is 8. The lowest BCUT2D eigenvalue weighted by atomic mass is 9.49. The fourth-order valence-corrected chi connectivity index (χ4v) is 5.34. The highest BCUT2D eigenvalue weighted by molar-refractivity contribution is 7.86. The summed E-state index contributed by atoms with van der Waals surface area (Å²) in [5, 5.41) is -5.98. The molecule has 0 spiro atoms. The highest BCUT2D eigenvalue weighted by Crippen LogP contribution is 2.59. The van der Waals surface area contributed by atoms with Crippen LogP contribution in [-0.4, -0.2) is 54.8 Å². The molecule has 8 nitrogen and oxygen atoms in total. The minimum Gasteiger partial charge on any atom is -0.743 e. The van der Waals surface area contributed by atoms with E-state index in [-0.39, 0.29) is 36.4 Å². The van der Waals surface area contributed by atoms with Gasteiger partial charge in [0.2, 0.25) is 0 Å². The molecule has 0 aromatic carbocycles. The van der Waals surface area contributed by atoms with E-state index in [4.69, 9.17) is 0 Å². The van der Waals surface area contributed by atoms with E-state index in [2.05, 4.69) is 9.47 Å². The summed E-state index contributed by atoms with van der Waals surface area (Å²) in [7, 11) is -6.82. The van der Waals surface area contributed by atoms with Crippen LogP contribution in [0.5, 0.6) is 0 Å². The Hall–Kier alpha value is -1.83. The summed E-state index contributed by atoms with van der Waals surface area (Å²) in [6.07, 6.45) is -8.68. The van der Waals surface area contributed by atoms with Crippen molar-refractivity contribution >= 4 is 27.8 Å². The van der Waals surface area contributed by atoms with Gasteiger partial charge in [0, 0.05) is 11.8 Å². The van der Waals surface area contributed by atoms with E-state index < -0.39 is 51.6 Å². The second kappa shape index (κ2) is 7.11. The molecule has 0 amide bonds. The number of Topliss-reactive ketones (excluding diaryl/α,β-unsaturated/α-hetero) is 1. The standard InChI is InChI=1S/C16H17F5O8S/c17-15(18,19)12(16(20,21)30(25,26)27)29-10(22)6-28-13(24)14-3-7-1-8(4-14)11(23)9(2-7)5-14/h7-9,12H,1-6H2,(H,25,26,27)/p-1. The Morgan fingerprint density at radius 1 is 1.10 bits per heavy atom. The average molecular weight is 463 g/mol. The molecule has 0 aromatic heterocycles. The minimum atomic E-state index is -6.82. The normalized spacial score (nSPS) is 32.1. The first kappa shape index (κ1) is 22.8. The topological polar surface area (TPSA) is 127 Å². The lowest BCUT2D eigenvalue weighted by molar-refractivity contribution is -0.260. The van der Waals surface area contributed by atoms with Gasteiger partial charge in [0.05, 0.1) is 5.41 Å². The molecule has 4 aliphatic rings. The molecule has 4 saturated carbocycles. The Balaban J connectivity index is 1.65. The maximum atomic E-state index is 13.4. The van der Waals surface area contributed by atoms with Gasteiger partial charge in [-0.05, 0) is 38.0 Å². The molecule has 170 valence electrons. The molecule has 0 aliphatic heterocycles. The van der Waals surface area contributed by atoms with Crippen molar-refractivity contribution in [3.63, 3.8) is 0 Å². The first-order chi connectivity index (χ1) is 13.6. The Labute approximate surface area is 166 Å². The van der Waals surface area contributed by atoms with Crippen LogP contribution in [0.4, 0.5) is 22.0 Å². The van der Waals surface area contributed by atoms with E-state index in [0.29, 0.717) is 19.3 Å². The largest absolute Gasteiger partial charge is 0.743 e. The van der Waals surface area contributed by atoms with Crippen molar-refractivity contribution in [2.75, 3.05) is 6.61 Å². The molecule has 0 aromatic rings. The Morgan fingerprint density at radius 2 is 1.63 bits per heavy atom. The van der Waals surface area contributed by atoms with Crippen molar-refractivity contribution < 1.29 is 58.8 Å². The van der Waals surface area contributed by atoms with Gasteiger partial charge < -0.3 is 14.0 Å². The number of halogens is 5. The summed E-state index contributed by atoms with van der Waals surface area (Å²) in [5.41, 5.74) is -1.09. The zero-order valence-electron chi connectivity index (χ0n) is 15.1. The molecule has 0 heterocycles. The third kappa shape index (κ3) is 3.90.